The molecule has 30 heavy (non-hydrogen) atoms. The topological polar surface area (TPSA) is 44.8 Å². The van der Waals surface area contributed by atoms with E-state index in [1.165, 1.54) is 6.08 Å². The highest BCUT2D eigenvalue weighted by molar-refractivity contribution is 6.74. The summed E-state index contributed by atoms with van der Waals surface area (Å²) >= 11 is 0. The largest absolute Gasteiger partial charge is 0.463 e. The van der Waals surface area contributed by atoms with Crippen LogP contribution >= 0.6 is 0 Å². The molecule has 4 nitrogen and oxygen atoms in total. The molecule has 0 radical (unpaired) electrons. The summed E-state index contributed by atoms with van der Waals surface area (Å²) in [6.45, 7) is 27.9. The second kappa shape index (κ2) is 11.8. The third-order valence-corrected chi connectivity index (χ3v) is 15.6. The van der Waals surface area contributed by atoms with Gasteiger partial charge in [-0.2, -0.15) is 0 Å². The number of allylic oxidation sites excluding steroid dienone is 2. The third kappa shape index (κ3) is 10.1. The first-order valence-electron chi connectivity index (χ1n) is 11.3. The zero-order valence-corrected chi connectivity index (χ0v) is 23.7. The predicted molar refractivity (Wildman–Crippen MR) is 134 cm³/mol. The lowest BCUT2D eigenvalue weighted by atomic mass is 10.0. The normalized spacial score (nSPS) is 16.3. The Kier molecular flexibility index (Phi) is 11.5. The monoisotopic (exact) mass is 456 g/mol. The molecule has 176 valence electrons. The molecule has 6 heteroatoms. The molecule has 0 aromatic heterocycles. The van der Waals surface area contributed by atoms with Crippen LogP contribution in [-0.2, 0) is 18.4 Å². The van der Waals surface area contributed by atoms with Gasteiger partial charge in [0.25, 0.3) is 0 Å². The van der Waals surface area contributed by atoms with E-state index in [2.05, 4.69) is 80.7 Å². The number of ether oxygens (including phenoxy) is 1. The Bertz CT molecular complexity index is 581. The van der Waals surface area contributed by atoms with Gasteiger partial charge in [-0.3, -0.25) is 0 Å². The van der Waals surface area contributed by atoms with Crippen molar-refractivity contribution in [1.29, 1.82) is 0 Å². The molecule has 0 aliphatic heterocycles. The minimum absolute atomic E-state index is 0.0860. The van der Waals surface area contributed by atoms with Gasteiger partial charge in [-0.05, 0) is 55.5 Å². The van der Waals surface area contributed by atoms with Crippen molar-refractivity contribution in [1.82, 2.24) is 0 Å². The molecule has 0 fully saturated rings. The zero-order chi connectivity index (χ0) is 23.8. The van der Waals surface area contributed by atoms with E-state index in [-0.39, 0.29) is 28.1 Å². The Morgan fingerprint density at radius 3 is 1.93 bits per heavy atom. The molecule has 0 aromatic rings. The van der Waals surface area contributed by atoms with E-state index in [1.54, 1.807) is 13.0 Å². The summed E-state index contributed by atoms with van der Waals surface area (Å²) in [5.74, 6) is -0.0966. The lowest BCUT2D eigenvalue weighted by molar-refractivity contribution is -0.137. The molecular weight excluding hydrogens is 408 g/mol. The number of hydrogen-bond acceptors (Lipinski definition) is 4. The van der Waals surface area contributed by atoms with Crippen LogP contribution in [0.2, 0.25) is 36.3 Å². The molecule has 0 unspecified atom stereocenters. The Hall–Kier alpha value is -0.696. The van der Waals surface area contributed by atoms with Crippen molar-refractivity contribution in [2.45, 2.75) is 104 Å². The van der Waals surface area contributed by atoms with Crippen LogP contribution in [0.15, 0.2) is 24.3 Å². The van der Waals surface area contributed by atoms with Crippen molar-refractivity contribution in [3.8, 4) is 0 Å². The number of esters is 1. The summed E-state index contributed by atoms with van der Waals surface area (Å²) in [5, 5.41) is 0.352. The number of carbonyl (C=O) groups excluding carboxylic acids is 1. The zero-order valence-electron chi connectivity index (χ0n) is 21.7. The first-order valence-corrected chi connectivity index (χ1v) is 17.1. The maximum absolute atomic E-state index is 11.5. The van der Waals surface area contributed by atoms with Gasteiger partial charge < -0.3 is 13.6 Å². The van der Waals surface area contributed by atoms with Crippen LogP contribution in [0.5, 0.6) is 0 Å². The van der Waals surface area contributed by atoms with Gasteiger partial charge in [0.15, 0.2) is 16.6 Å². The fourth-order valence-corrected chi connectivity index (χ4v) is 4.82. The van der Waals surface area contributed by atoms with Gasteiger partial charge in [0.1, 0.15) is 0 Å². The average Bonchev–Trinajstić information content (AvgIpc) is 2.55. The number of rotatable bonds is 11. The van der Waals surface area contributed by atoms with Gasteiger partial charge in [-0.15, -0.1) is 0 Å². The van der Waals surface area contributed by atoms with Crippen molar-refractivity contribution in [3.63, 3.8) is 0 Å². The SMILES string of the molecule is CCOC(=O)/C=C\C=C\[C@@H](C)[C@H](CCO[Si](C)(C)C(C)(C)C)O[Si](C)(C)C(C)(C)C. The second-order valence-corrected chi connectivity index (χ2v) is 20.7. The highest BCUT2D eigenvalue weighted by Crippen LogP contribution is 2.39. The van der Waals surface area contributed by atoms with Crippen molar-refractivity contribution in [3.05, 3.63) is 24.3 Å². The van der Waals surface area contributed by atoms with Crippen molar-refractivity contribution in [2.24, 2.45) is 5.92 Å². The fourth-order valence-electron chi connectivity index (χ4n) is 2.32. The molecule has 0 aliphatic carbocycles. The van der Waals surface area contributed by atoms with E-state index in [0.29, 0.717) is 13.2 Å². The van der Waals surface area contributed by atoms with Crippen LogP contribution in [0.4, 0.5) is 0 Å². The minimum atomic E-state index is -1.91. The molecule has 0 heterocycles. The lowest BCUT2D eigenvalue weighted by Crippen LogP contribution is -2.46. The molecule has 0 saturated carbocycles. The Morgan fingerprint density at radius 1 is 0.933 bits per heavy atom. The number of hydrogen-bond donors (Lipinski definition) is 0. The molecule has 0 N–H and O–H groups in total. The standard InChI is InChI=1S/C24H48O4Si2/c1-13-26-22(25)17-15-14-16-20(2)21(28-30(11,12)24(6,7)8)18-19-27-29(9,10)23(3,4)5/h14-17,20-21H,13,18-19H2,1-12H3/b16-14+,17-15-/t20-,21+/m1/s1. The van der Waals surface area contributed by atoms with Crippen LogP contribution in [0.1, 0.15) is 61.8 Å². The summed E-state index contributed by atoms with van der Waals surface area (Å²) in [4.78, 5) is 11.5. The highest BCUT2D eigenvalue weighted by atomic mass is 28.4. The van der Waals surface area contributed by atoms with E-state index in [9.17, 15) is 4.79 Å². The summed E-state index contributed by atoms with van der Waals surface area (Å²) in [7, 11) is -3.69. The van der Waals surface area contributed by atoms with Crippen LogP contribution in [0.3, 0.4) is 0 Å². The molecule has 2 atom stereocenters. The fraction of sp³-hybridized carbons (Fsp3) is 0.792. The van der Waals surface area contributed by atoms with E-state index in [1.807, 2.05) is 6.08 Å². The Balaban J connectivity index is 5.27. The minimum Gasteiger partial charge on any atom is -0.463 e. The van der Waals surface area contributed by atoms with E-state index in [0.717, 1.165) is 6.42 Å². The van der Waals surface area contributed by atoms with Gasteiger partial charge in [-0.25, -0.2) is 4.79 Å². The summed E-state index contributed by atoms with van der Waals surface area (Å²) < 4.78 is 18.1. The quantitative estimate of drug-likeness (QED) is 0.144. The molecule has 0 amide bonds. The predicted octanol–water partition coefficient (Wildman–Crippen LogP) is 7.10. The Labute approximate surface area is 188 Å². The van der Waals surface area contributed by atoms with E-state index >= 15 is 0 Å². The summed E-state index contributed by atoms with van der Waals surface area (Å²) in [5.41, 5.74) is 0. The maximum Gasteiger partial charge on any atom is 0.330 e. The average molecular weight is 457 g/mol. The van der Waals surface area contributed by atoms with E-state index in [4.69, 9.17) is 13.6 Å². The van der Waals surface area contributed by atoms with Gasteiger partial charge in [0.2, 0.25) is 0 Å². The molecule has 0 saturated heterocycles. The molecule has 0 aromatic carbocycles. The smallest absolute Gasteiger partial charge is 0.330 e. The first-order chi connectivity index (χ1) is 13.4. The summed E-state index contributed by atoms with van der Waals surface area (Å²) in [6.07, 6.45) is 8.17. The Morgan fingerprint density at radius 2 is 1.47 bits per heavy atom. The van der Waals surface area contributed by atoms with Crippen molar-refractivity contribution >= 4 is 22.6 Å². The first kappa shape index (κ1) is 29.3. The van der Waals surface area contributed by atoms with Crippen molar-refractivity contribution < 1.29 is 18.4 Å². The van der Waals surface area contributed by atoms with Gasteiger partial charge >= 0.3 is 5.97 Å². The van der Waals surface area contributed by atoms with Crippen molar-refractivity contribution in [2.75, 3.05) is 13.2 Å². The molecule has 0 bridgehead atoms. The highest BCUT2D eigenvalue weighted by Gasteiger charge is 2.40. The lowest BCUT2D eigenvalue weighted by Gasteiger charge is -2.41. The van der Waals surface area contributed by atoms with E-state index < -0.39 is 16.6 Å². The van der Waals surface area contributed by atoms with Gasteiger partial charge in [0.05, 0.1) is 12.7 Å². The summed E-state index contributed by atoms with van der Waals surface area (Å²) in [6, 6.07) is 0. The van der Waals surface area contributed by atoms with Crippen LogP contribution in [0.25, 0.3) is 0 Å². The molecule has 0 aliphatic rings. The van der Waals surface area contributed by atoms with Gasteiger partial charge in [-0.1, -0.05) is 66.7 Å². The van der Waals surface area contributed by atoms with Gasteiger partial charge in [0, 0.05) is 12.7 Å². The molecule has 0 rings (SSSR count). The third-order valence-electron chi connectivity index (χ3n) is 6.55. The van der Waals surface area contributed by atoms with Crippen LogP contribution in [0, 0.1) is 5.92 Å². The second-order valence-electron chi connectivity index (χ2n) is 11.2. The molecular formula is C24H48O4Si2. The van der Waals surface area contributed by atoms with Crippen LogP contribution in [-0.4, -0.2) is 41.9 Å². The van der Waals surface area contributed by atoms with Crippen LogP contribution < -0.4 is 0 Å². The molecule has 0 spiro atoms. The maximum atomic E-state index is 11.5. The number of carbonyl (C=O) groups is 1.